The molecule has 0 atom stereocenters. The minimum Gasteiger partial charge on any atom is -0.376 e. The number of ether oxygens (including phenoxy) is 1. The molecule has 5 nitrogen and oxygen atoms in total. The third kappa shape index (κ3) is 5.26. The van der Waals surface area contributed by atoms with Crippen LogP contribution in [0.2, 0.25) is 0 Å². The Morgan fingerprint density at radius 3 is 2.95 bits per heavy atom. The van der Waals surface area contributed by atoms with E-state index in [0.29, 0.717) is 31.0 Å². The molecule has 0 unspecified atom stereocenters. The number of aliphatic imine (C=N–C) groups is 1. The summed E-state index contributed by atoms with van der Waals surface area (Å²) < 4.78 is 5.78. The van der Waals surface area contributed by atoms with Gasteiger partial charge in [0.05, 0.1) is 19.3 Å². The molecule has 3 N–H and O–H groups in total. The van der Waals surface area contributed by atoms with Crippen LogP contribution in [0.5, 0.6) is 0 Å². The second-order valence-corrected chi connectivity index (χ2v) is 4.74. The van der Waals surface area contributed by atoms with Crippen LogP contribution in [-0.4, -0.2) is 30.2 Å². The van der Waals surface area contributed by atoms with Gasteiger partial charge in [0.15, 0.2) is 5.96 Å². The summed E-state index contributed by atoms with van der Waals surface area (Å²) in [6.45, 7) is 1.22. The molecule has 1 fully saturated rings. The number of nitrogens with one attached hydrogen (secondary N) is 1. The van der Waals surface area contributed by atoms with Gasteiger partial charge in [0, 0.05) is 6.20 Å². The fourth-order valence-electron chi connectivity index (χ4n) is 2.22. The monoisotopic (exact) mass is 262 g/mol. The van der Waals surface area contributed by atoms with E-state index in [-0.39, 0.29) is 0 Å². The highest BCUT2D eigenvalue weighted by molar-refractivity contribution is 5.91. The zero-order chi connectivity index (χ0) is 13.3. The molecule has 1 aromatic rings. The molecule has 5 heteroatoms. The molecule has 1 aliphatic carbocycles. The van der Waals surface area contributed by atoms with E-state index >= 15 is 0 Å². The SMILES string of the molecule is NC(=NCCOC1CCCCC1)Nc1ccccn1. The van der Waals surface area contributed by atoms with E-state index in [1.54, 1.807) is 6.20 Å². The van der Waals surface area contributed by atoms with Gasteiger partial charge in [-0.1, -0.05) is 25.3 Å². The molecular formula is C14H22N4O. The van der Waals surface area contributed by atoms with E-state index in [0.717, 1.165) is 0 Å². The van der Waals surface area contributed by atoms with Crippen molar-refractivity contribution in [1.82, 2.24) is 4.98 Å². The summed E-state index contributed by atoms with van der Waals surface area (Å²) in [4.78, 5) is 8.34. The van der Waals surface area contributed by atoms with E-state index in [9.17, 15) is 0 Å². The van der Waals surface area contributed by atoms with E-state index in [4.69, 9.17) is 10.5 Å². The Morgan fingerprint density at radius 2 is 2.21 bits per heavy atom. The minimum atomic E-state index is 0.381. The van der Waals surface area contributed by atoms with Crippen LogP contribution in [0.15, 0.2) is 29.4 Å². The second kappa shape index (κ2) is 7.74. The molecule has 2 rings (SSSR count). The molecule has 0 aromatic carbocycles. The summed E-state index contributed by atoms with van der Waals surface area (Å²) in [7, 11) is 0. The first-order valence-corrected chi connectivity index (χ1v) is 6.94. The fraction of sp³-hybridized carbons (Fsp3) is 0.571. The summed E-state index contributed by atoms with van der Waals surface area (Å²) in [5, 5.41) is 2.94. The molecule has 1 aliphatic rings. The number of hydrogen-bond acceptors (Lipinski definition) is 3. The minimum absolute atomic E-state index is 0.381. The zero-order valence-electron chi connectivity index (χ0n) is 11.2. The van der Waals surface area contributed by atoms with Gasteiger partial charge in [-0.05, 0) is 25.0 Å². The van der Waals surface area contributed by atoms with Crippen molar-refractivity contribution in [3.63, 3.8) is 0 Å². The van der Waals surface area contributed by atoms with Gasteiger partial charge in [-0.25, -0.2) is 4.98 Å². The Balaban J connectivity index is 1.64. The molecule has 1 aromatic heterocycles. The van der Waals surface area contributed by atoms with Crippen LogP contribution in [0.1, 0.15) is 32.1 Å². The second-order valence-electron chi connectivity index (χ2n) is 4.74. The number of guanidine groups is 1. The summed E-state index contributed by atoms with van der Waals surface area (Å²) >= 11 is 0. The van der Waals surface area contributed by atoms with Crippen molar-refractivity contribution in [3.05, 3.63) is 24.4 Å². The van der Waals surface area contributed by atoms with Crippen LogP contribution >= 0.6 is 0 Å². The number of anilines is 1. The standard InChI is InChI=1S/C14H22N4O/c15-14(18-13-8-4-5-9-16-13)17-10-11-19-12-6-2-1-3-7-12/h4-5,8-9,12H,1-3,6-7,10-11H2,(H3,15,16,17,18). The fourth-order valence-corrected chi connectivity index (χ4v) is 2.22. The molecule has 0 bridgehead atoms. The highest BCUT2D eigenvalue weighted by Gasteiger charge is 2.12. The Morgan fingerprint density at radius 1 is 1.37 bits per heavy atom. The van der Waals surface area contributed by atoms with Crippen molar-refractivity contribution < 1.29 is 4.74 Å². The van der Waals surface area contributed by atoms with E-state index in [1.807, 2.05) is 18.2 Å². The Kier molecular flexibility index (Phi) is 5.62. The normalized spacial score (nSPS) is 17.4. The topological polar surface area (TPSA) is 72.5 Å². The molecular weight excluding hydrogens is 240 g/mol. The Hall–Kier alpha value is -1.62. The highest BCUT2D eigenvalue weighted by Crippen LogP contribution is 2.19. The predicted molar refractivity (Wildman–Crippen MR) is 77.2 cm³/mol. The van der Waals surface area contributed by atoms with E-state index in [2.05, 4.69) is 15.3 Å². The van der Waals surface area contributed by atoms with Gasteiger partial charge < -0.3 is 15.8 Å². The molecule has 1 heterocycles. The maximum Gasteiger partial charge on any atom is 0.194 e. The van der Waals surface area contributed by atoms with Gasteiger partial charge in [0.2, 0.25) is 0 Å². The number of rotatable bonds is 5. The van der Waals surface area contributed by atoms with Crippen molar-refractivity contribution in [1.29, 1.82) is 0 Å². The quantitative estimate of drug-likeness (QED) is 0.484. The smallest absolute Gasteiger partial charge is 0.194 e. The van der Waals surface area contributed by atoms with Crippen LogP contribution in [0, 0.1) is 0 Å². The maximum atomic E-state index is 5.78. The highest BCUT2D eigenvalue weighted by atomic mass is 16.5. The predicted octanol–water partition coefficient (Wildman–Crippen LogP) is 2.16. The van der Waals surface area contributed by atoms with Crippen LogP contribution in [-0.2, 0) is 4.74 Å². The maximum absolute atomic E-state index is 5.78. The lowest BCUT2D eigenvalue weighted by Crippen LogP contribution is -2.24. The number of aromatic nitrogens is 1. The van der Waals surface area contributed by atoms with Crippen molar-refractivity contribution in [2.45, 2.75) is 38.2 Å². The molecule has 0 saturated heterocycles. The van der Waals surface area contributed by atoms with Gasteiger partial charge in [-0.2, -0.15) is 0 Å². The number of hydrogen-bond donors (Lipinski definition) is 2. The molecule has 0 aliphatic heterocycles. The van der Waals surface area contributed by atoms with Crippen LogP contribution in [0.3, 0.4) is 0 Å². The summed E-state index contributed by atoms with van der Waals surface area (Å²) in [5.41, 5.74) is 5.77. The molecule has 0 radical (unpaired) electrons. The third-order valence-electron chi connectivity index (χ3n) is 3.20. The largest absolute Gasteiger partial charge is 0.376 e. The van der Waals surface area contributed by atoms with Gasteiger partial charge in [0.1, 0.15) is 5.82 Å². The zero-order valence-corrected chi connectivity index (χ0v) is 11.2. The molecule has 1 saturated carbocycles. The van der Waals surface area contributed by atoms with Crippen molar-refractivity contribution in [2.75, 3.05) is 18.5 Å². The summed E-state index contributed by atoms with van der Waals surface area (Å²) in [6.07, 6.45) is 8.43. The Bertz CT molecular complexity index is 388. The lowest BCUT2D eigenvalue weighted by molar-refractivity contribution is 0.0335. The lowest BCUT2D eigenvalue weighted by Gasteiger charge is -2.21. The van der Waals surface area contributed by atoms with Crippen LogP contribution in [0.4, 0.5) is 5.82 Å². The first-order valence-electron chi connectivity index (χ1n) is 6.94. The van der Waals surface area contributed by atoms with Gasteiger partial charge >= 0.3 is 0 Å². The molecule has 0 spiro atoms. The average Bonchev–Trinajstić information content (AvgIpc) is 2.46. The van der Waals surface area contributed by atoms with Crippen molar-refractivity contribution in [3.8, 4) is 0 Å². The van der Waals surface area contributed by atoms with Gasteiger partial charge in [-0.3, -0.25) is 4.99 Å². The first-order chi connectivity index (χ1) is 9.34. The first kappa shape index (κ1) is 13.8. The lowest BCUT2D eigenvalue weighted by atomic mass is 9.98. The molecule has 104 valence electrons. The summed E-state index contributed by atoms with van der Waals surface area (Å²) in [6, 6.07) is 5.60. The average molecular weight is 262 g/mol. The van der Waals surface area contributed by atoms with Crippen molar-refractivity contribution >= 4 is 11.8 Å². The van der Waals surface area contributed by atoms with Gasteiger partial charge in [0.25, 0.3) is 0 Å². The molecule has 0 amide bonds. The van der Waals surface area contributed by atoms with Crippen LogP contribution in [0.25, 0.3) is 0 Å². The van der Waals surface area contributed by atoms with Crippen LogP contribution < -0.4 is 11.1 Å². The number of pyridine rings is 1. The van der Waals surface area contributed by atoms with Gasteiger partial charge in [-0.15, -0.1) is 0 Å². The number of nitrogens with two attached hydrogens (primary N) is 1. The molecule has 19 heavy (non-hydrogen) atoms. The van der Waals surface area contributed by atoms with Crippen molar-refractivity contribution in [2.24, 2.45) is 10.7 Å². The Labute approximate surface area is 114 Å². The van der Waals surface area contributed by atoms with E-state index < -0.39 is 0 Å². The number of nitrogens with zero attached hydrogens (tertiary/aromatic N) is 2. The summed E-state index contributed by atoms with van der Waals surface area (Å²) in [5.74, 6) is 1.09. The third-order valence-corrected chi connectivity index (χ3v) is 3.20. The van der Waals surface area contributed by atoms with E-state index in [1.165, 1.54) is 32.1 Å².